The van der Waals surface area contributed by atoms with Gasteiger partial charge in [-0.1, -0.05) is 11.6 Å². The minimum absolute atomic E-state index is 0.0715. The highest BCUT2D eigenvalue weighted by atomic mass is 35.5. The molecule has 0 unspecified atom stereocenters. The summed E-state index contributed by atoms with van der Waals surface area (Å²) in [6.45, 7) is 3.74. The molecule has 0 aliphatic carbocycles. The first kappa shape index (κ1) is 18.3. The summed E-state index contributed by atoms with van der Waals surface area (Å²) in [5.41, 5.74) is 2.38. The van der Waals surface area contributed by atoms with E-state index in [0.717, 1.165) is 24.1 Å². The zero-order valence-corrected chi connectivity index (χ0v) is 16.9. The predicted molar refractivity (Wildman–Crippen MR) is 109 cm³/mol. The number of carbonyl (C=O) groups excluding carboxylic acids is 2. The van der Waals surface area contributed by atoms with E-state index in [1.54, 1.807) is 25.1 Å². The van der Waals surface area contributed by atoms with Crippen molar-refractivity contribution in [2.24, 2.45) is 0 Å². The fourth-order valence-corrected chi connectivity index (χ4v) is 4.86. The summed E-state index contributed by atoms with van der Waals surface area (Å²) in [5.74, 6) is 1.27. The van der Waals surface area contributed by atoms with Crippen LogP contribution in [0.1, 0.15) is 35.7 Å². The first-order chi connectivity index (χ1) is 14.0. The Hall–Kier alpha value is -2.73. The minimum Gasteiger partial charge on any atom is -0.454 e. The Balaban J connectivity index is 1.49. The van der Waals surface area contributed by atoms with E-state index in [4.69, 9.17) is 21.1 Å². The summed E-state index contributed by atoms with van der Waals surface area (Å²) in [4.78, 5) is 28.9. The van der Waals surface area contributed by atoms with E-state index in [-0.39, 0.29) is 24.0 Å². The molecule has 3 aliphatic rings. The molecule has 0 N–H and O–H groups in total. The number of amides is 2. The molecule has 0 bridgehead atoms. The monoisotopic (exact) mass is 412 g/mol. The maximum atomic E-state index is 13.4. The number of ether oxygens (including phenoxy) is 2. The first-order valence-corrected chi connectivity index (χ1v) is 10.1. The summed E-state index contributed by atoms with van der Waals surface area (Å²) >= 11 is 6.31. The molecule has 1 fully saturated rings. The van der Waals surface area contributed by atoms with Gasteiger partial charge in [-0.25, -0.2) is 0 Å². The van der Waals surface area contributed by atoms with Crippen molar-refractivity contribution in [2.45, 2.75) is 25.2 Å². The van der Waals surface area contributed by atoms with E-state index in [2.05, 4.69) is 0 Å². The molecule has 3 heterocycles. The van der Waals surface area contributed by atoms with Crippen LogP contribution < -0.4 is 14.4 Å². The van der Waals surface area contributed by atoms with Crippen LogP contribution in [0.4, 0.5) is 5.69 Å². The van der Waals surface area contributed by atoms with Crippen molar-refractivity contribution in [1.82, 2.24) is 4.90 Å². The largest absolute Gasteiger partial charge is 0.454 e. The van der Waals surface area contributed by atoms with Gasteiger partial charge in [0, 0.05) is 48.2 Å². The van der Waals surface area contributed by atoms with Crippen LogP contribution in [-0.2, 0) is 10.2 Å². The fourth-order valence-electron chi connectivity index (χ4n) is 4.69. The Bertz CT molecular complexity index is 1010. The second-order valence-electron chi connectivity index (χ2n) is 7.91. The summed E-state index contributed by atoms with van der Waals surface area (Å²) in [6, 6.07) is 11.0. The quantitative estimate of drug-likeness (QED) is 0.718. The molecule has 2 aromatic carbocycles. The molecule has 0 saturated carbocycles. The molecule has 0 radical (unpaired) electrons. The van der Waals surface area contributed by atoms with Crippen LogP contribution >= 0.6 is 11.6 Å². The Morgan fingerprint density at radius 2 is 1.79 bits per heavy atom. The lowest BCUT2D eigenvalue weighted by molar-refractivity contribution is -0.130. The Morgan fingerprint density at radius 3 is 2.55 bits per heavy atom. The van der Waals surface area contributed by atoms with E-state index in [9.17, 15) is 9.59 Å². The van der Waals surface area contributed by atoms with Crippen molar-refractivity contribution in [2.75, 3.05) is 31.3 Å². The third-order valence-corrected chi connectivity index (χ3v) is 6.55. The molecule has 3 aliphatic heterocycles. The van der Waals surface area contributed by atoms with Gasteiger partial charge in [0.25, 0.3) is 5.91 Å². The number of carbonyl (C=O) groups is 2. The summed E-state index contributed by atoms with van der Waals surface area (Å²) in [6.07, 6.45) is 1.62. The molecule has 6 nitrogen and oxygen atoms in total. The fraction of sp³-hybridized carbons (Fsp3) is 0.364. The van der Waals surface area contributed by atoms with E-state index < -0.39 is 0 Å². The Morgan fingerprint density at radius 1 is 1.03 bits per heavy atom. The van der Waals surface area contributed by atoms with Crippen LogP contribution in [0.15, 0.2) is 36.4 Å². The number of hydrogen-bond acceptors (Lipinski definition) is 4. The van der Waals surface area contributed by atoms with Crippen LogP contribution in [-0.4, -0.2) is 43.1 Å². The Labute approximate surface area is 173 Å². The number of piperidine rings is 1. The van der Waals surface area contributed by atoms with Crippen molar-refractivity contribution < 1.29 is 19.1 Å². The van der Waals surface area contributed by atoms with Crippen LogP contribution in [0.5, 0.6) is 11.5 Å². The third kappa shape index (κ3) is 2.94. The zero-order valence-electron chi connectivity index (χ0n) is 16.1. The first-order valence-electron chi connectivity index (χ1n) is 9.74. The number of fused-ring (bicyclic) bond motifs is 3. The molecule has 0 atom stereocenters. The average Bonchev–Trinajstić information content (AvgIpc) is 3.30. The lowest BCUT2D eigenvalue weighted by atomic mass is 9.74. The smallest absolute Gasteiger partial charge is 0.258 e. The summed E-state index contributed by atoms with van der Waals surface area (Å²) in [5, 5.41) is 0.662. The van der Waals surface area contributed by atoms with Gasteiger partial charge < -0.3 is 19.3 Å². The van der Waals surface area contributed by atoms with Crippen LogP contribution in [0.3, 0.4) is 0 Å². The standard InChI is InChI=1S/C22H21ClN2O4/c1-14(26)24-8-6-22(7-9-24)12-25(18-4-3-16(23)11-17(18)22)21(27)15-2-5-19-20(10-15)29-13-28-19/h2-5,10-11H,6-9,12-13H2,1H3. The molecule has 7 heteroatoms. The molecule has 2 aromatic rings. The number of likely N-dealkylation sites (tertiary alicyclic amines) is 1. The average molecular weight is 413 g/mol. The topological polar surface area (TPSA) is 59.1 Å². The van der Waals surface area contributed by atoms with Crippen molar-refractivity contribution >= 4 is 29.1 Å². The zero-order chi connectivity index (χ0) is 20.2. The van der Waals surface area contributed by atoms with Crippen molar-refractivity contribution in [3.63, 3.8) is 0 Å². The van der Waals surface area contributed by atoms with E-state index >= 15 is 0 Å². The van der Waals surface area contributed by atoms with Crippen LogP contribution in [0, 0.1) is 0 Å². The van der Waals surface area contributed by atoms with Gasteiger partial charge in [0.15, 0.2) is 11.5 Å². The van der Waals surface area contributed by atoms with E-state index in [1.165, 1.54) is 0 Å². The van der Waals surface area contributed by atoms with Crippen molar-refractivity contribution in [3.05, 3.63) is 52.5 Å². The van der Waals surface area contributed by atoms with Gasteiger partial charge in [-0.2, -0.15) is 0 Å². The molecule has 1 saturated heterocycles. The SMILES string of the molecule is CC(=O)N1CCC2(CC1)CN(C(=O)c1ccc3c(c1)OCO3)c1ccc(Cl)cc12. The van der Waals surface area contributed by atoms with Crippen molar-refractivity contribution in [3.8, 4) is 11.5 Å². The maximum absolute atomic E-state index is 13.4. The van der Waals surface area contributed by atoms with Crippen molar-refractivity contribution in [1.29, 1.82) is 0 Å². The van der Waals surface area contributed by atoms with Gasteiger partial charge >= 0.3 is 0 Å². The van der Waals surface area contributed by atoms with Gasteiger partial charge in [-0.05, 0) is 54.8 Å². The number of rotatable bonds is 1. The molecule has 0 aromatic heterocycles. The van der Waals surface area contributed by atoms with Crippen LogP contribution in [0.25, 0.3) is 0 Å². The third-order valence-electron chi connectivity index (χ3n) is 6.31. The Kier molecular flexibility index (Phi) is 4.21. The summed E-state index contributed by atoms with van der Waals surface area (Å²) < 4.78 is 10.8. The number of benzene rings is 2. The van der Waals surface area contributed by atoms with Crippen LogP contribution in [0.2, 0.25) is 5.02 Å². The van der Waals surface area contributed by atoms with E-state index in [0.29, 0.717) is 41.7 Å². The van der Waals surface area contributed by atoms with E-state index in [1.807, 2.05) is 28.0 Å². The highest BCUT2D eigenvalue weighted by Gasteiger charge is 2.47. The number of anilines is 1. The van der Waals surface area contributed by atoms with Gasteiger partial charge in [0.1, 0.15) is 0 Å². The second-order valence-corrected chi connectivity index (χ2v) is 8.34. The normalized spacial score (nSPS) is 18.8. The number of hydrogen-bond donors (Lipinski definition) is 0. The molecule has 5 rings (SSSR count). The molecule has 29 heavy (non-hydrogen) atoms. The highest BCUT2D eigenvalue weighted by molar-refractivity contribution is 6.30. The molecule has 2 amide bonds. The lowest BCUT2D eigenvalue weighted by Gasteiger charge is -2.39. The molecule has 1 spiro atoms. The van der Waals surface area contributed by atoms with Gasteiger partial charge in [0.05, 0.1) is 0 Å². The van der Waals surface area contributed by atoms with Gasteiger partial charge in [0.2, 0.25) is 12.7 Å². The minimum atomic E-state index is -0.182. The molecular weight excluding hydrogens is 392 g/mol. The second kappa shape index (κ2) is 6.66. The predicted octanol–water partition coefficient (Wildman–Crippen LogP) is 3.61. The van der Waals surface area contributed by atoms with Gasteiger partial charge in [-0.3, -0.25) is 9.59 Å². The number of halogens is 1. The van der Waals surface area contributed by atoms with Gasteiger partial charge in [-0.15, -0.1) is 0 Å². The highest BCUT2D eigenvalue weighted by Crippen LogP contribution is 2.48. The molecular formula is C22H21ClN2O4. The number of nitrogens with zero attached hydrogens (tertiary/aromatic N) is 2. The molecule has 150 valence electrons. The summed E-state index contributed by atoms with van der Waals surface area (Å²) in [7, 11) is 0. The lowest BCUT2D eigenvalue weighted by Crippen LogP contribution is -2.47. The maximum Gasteiger partial charge on any atom is 0.258 e.